The predicted octanol–water partition coefficient (Wildman–Crippen LogP) is 7.10. The monoisotopic (exact) mass is 375 g/mol. The lowest BCUT2D eigenvalue weighted by atomic mass is 9.82. The Bertz CT molecular complexity index is 805. The molecule has 0 aliphatic heterocycles. The average molecular weight is 376 g/mol. The number of phenolic OH excluding ortho intramolecular Hbond substituents is 1. The highest BCUT2D eigenvalue weighted by Crippen LogP contribution is 2.41. The lowest BCUT2D eigenvalue weighted by Crippen LogP contribution is -2.20. The maximum absolute atomic E-state index is 11.3. The molecule has 1 N–H and O–H groups in total. The molecule has 2 nitrogen and oxygen atoms in total. The number of aliphatic imine (C=N–C) groups is 1. The number of nitrogens with zero attached hydrogens (tertiary/aromatic N) is 1. The molecule has 0 bridgehead atoms. The quantitative estimate of drug-likeness (QED) is 0.568. The van der Waals surface area contributed by atoms with Crippen molar-refractivity contribution in [1.29, 1.82) is 0 Å². The molecule has 2 heteroatoms. The van der Waals surface area contributed by atoms with Crippen LogP contribution in [-0.2, 0) is 0 Å². The topological polar surface area (TPSA) is 32.6 Å². The van der Waals surface area contributed by atoms with Crippen LogP contribution >= 0.6 is 0 Å². The fourth-order valence-electron chi connectivity index (χ4n) is 5.06. The van der Waals surface area contributed by atoms with E-state index in [1.807, 2.05) is 12.3 Å². The van der Waals surface area contributed by atoms with E-state index in [9.17, 15) is 5.11 Å². The molecule has 2 unspecified atom stereocenters. The van der Waals surface area contributed by atoms with Crippen LogP contribution in [0.15, 0.2) is 47.5 Å². The van der Waals surface area contributed by atoms with Crippen molar-refractivity contribution in [2.24, 2.45) is 10.9 Å². The Kier molecular flexibility index (Phi) is 6.14. The zero-order valence-electron chi connectivity index (χ0n) is 17.1. The summed E-state index contributed by atoms with van der Waals surface area (Å²) in [5.74, 6) is 1.58. The van der Waals surface area contributed by atoms with Gasteiger partial charge in [-0.3, -0.25) is 4.99 Å². The van der Waals surface area contributed by atoms with Gasteiger partial charge >= 0.3 is 0 Å². The first kappa shape index (κ1) is 19.2. The van der Waals surface area contributed by atoms with E-state index in [-0.39, 0.29) is 0 Å². The third-order valence-corrected chi connectivity index (χ3v) is 6.84. The van der Waals surface area contributed by atoms with Crippen molar-refractivity contribution in [2.45, 2.75) is 76.7 Å². The van der Waals surface area contributed by atoms with Gasteiger partial charge in [-0.05, 0) is 54.2 Å². The molecule has 0 amide bonds. The molecule has 2 saturated carbocycles. The van der Waals surface area contributed by atoms with Crippen LogP contribution < -0.4 is 0 Å². The first-order valence-corrected chi connectivity index (χ1v) is 11.2. The summed E-state index contributed by atoms with van der Waals surface area (Å²) in [6.07, 6.45) is 13.3. The Morgan fingerprint density at radius 1 is 0.857 bits per heavy atom. The Morgan fingerprint density at radius 2 is 1.57 bits per heavy atom. The Hall–Kier alpha value is -2.09. The molecule has 2 aliphatic rings. The molecular formula is C26H33NO. The van der Waals surface area contributed by atoms with Crippen molar-refractivity contribution in [3.63, 3.8) is 0 Å². The normalized spacial score (nSPS) is 23.9. The molecule has 2 aliphatic carbocycles. The van der Waals surface area contributed by atoms with Crippen molar-refractivity contribution >= 4 is 6.21 Å². The second-order valence-corrected chi connectivity index (χ2v) is 8.77. The summed E-state index contributed by atoms with van der Waals surface area (Å²) in [5.41, 5.74) is 4.26. The van der Waals surface area contributed by atoms with Crippen molar-refractivity contribution in [3.05, 3.63) is 53.6 Å². The van der Waals surface area contributed by atoms with Crippen LogP contribution in [0.4, 0.5) is 0 Å². The van der Waals surface area contributed by atoms with Gasteiger partial charge in [-0.1, -0.05) is 81.5 Å². The molecule has 0 saturated heterocycles. The average Bonchev–Trinajstić information content (AvgIpc) is 2.75. The summed E-state index contributed by atoms with van der Waals surface area (Å²) in [7, 11) is 0. The Morgan fingerprint density at radius 3 is 2.32 bits per heavy atom. The number of hydrogen-bond donors (Lipinski definition) is 1. The van der Waals surface area contributed by atoms with Gasteiger partial charge in [0, 0.05) is 11.8 Å². The summed E-state index contributed by atoms with van der Waals surface area (Å²) in [6, 6.07) is 15.1. The van der Waals surface area contributed by atoms with E-state index in [1.54, 1.807) is 0 Å². The summed E-state index contributed by atoms with van der Waals surface area (Å²) >= 11 is 0. The number of rotatable bonds is 4. The summed E-state index contributed by atoms with van der Waals surface area (Å²) in [4.78, 5) is 4.98. The minimum absolute atomic E-state index is 0.384. The maximum Gasteiger partial charge on any atom is 0.128 e. The van der Waals surface area contributed by atoms with Crippen LogP contribution in [0.1, 0.15) is 81.8 Å². The number of phenols is 1. The highest BCUT2D eigenvalue weighted by molar-refractivity contribution is 5.94. The lowest BCUT2D eigenvalue weighted by Gasteiger charge is -2.26. The zero-order valence-corrected chi connectivity index (χ0v) is 17.1. The predicted molar refractivity (Wildman–Crippen MR) is 118 cm³/mol. The fourth-order valence-corrected chi connectivity index (χ4v) is 5.06. The fraction of sp³-hybridized carbons (Fsp3) is 0.500. The second-order valence-electron chi connectivity index (χ2n) is 8.77. The van der Waals surface area contributed by atoms with Crippen LogP contribution in [0.2, 0.25) is 0 Å². The van der Waals surface area contributed by atoms with E-state index in [2.05, 4.69) is 43.3 Å². The van der Waals surface area contributed by atoms with E-state index in [1.165, 1.54) is 57.8 Å². The van der Waals surface area contributed by atoms with Gasteiger partial charge in [0.15, 0.2) is 0 Å². The molecule has 0 heterocycles. The van der Waals surface area contributed by atoms with Crippen molar-refractivity contribution < 1.29 is 5.11 Å². The zero-order chi connectivity index (χ0) is 19.3. The van der Waals surface area contributed by atoms with Gasteiger partial charge in [0.05, 0.1) is 6.04 Å². The number of aromatic hydroxyl groups is 1. The van der Waals surface area contributed by atoms with Crippen LogP contribution in [0, 0.1) is 5.92 Å². The highest BCUT2D eigenvalue weighted by atomic mass is 16.3. The van der Waals surface area contributed by atoms with Crippen LogP contribution in [0.5, 0.6) is 5.75 Å². The van der Waals surface area contributed by atoms with Gasteiger partial charge in [0.1, 0.15) is 5.75 Å². The van der Waals surface area contributed by atoms with Gasteiger partial charge < -0.3 is 5.11 Å². The van der Waals surface area contributed by atoms with Gasteiger partial charge in [-0.15, -0.1) is 0 Å². The first-order valence-electron chi connectivity index (χ1n) is 11.2. The van der Waals surface area contributed by atoms with Crippen molar-refractivity contribution in [3.8, 4) is 16.9 Å². The molecule has 28 heavy (non-hydrogen) atoms. The van der Waals surface area contributed by atoms with Crippen molar-refractivity contribution in [2.75, 3.05) is 0 Å². The highest BCUT2D eigenvalue weighted by Gasteiger charge is 2.23. The van der Waals surface area contributed by atoms with Gasteiger partial charge in [-0.2, -0.15) is 0 Å². The minimum Gasteiger partial charge on any atom is -0.507 e. The van der Waals surface area contributed by atoms with E-state index < -0.39 is 0 Å². The van der Waals surface area contributed by atoms with Crippen LogP contribution in [-0.4, -0.2) is 17.4 Å². The van der Waals surface area contributed by atoms with E-state index in [0.29, 0.717) is 23.6 Å². The molecule has 0 aromatic heterocycles. The van der Waals surface area contributed by atoms with Crippen LogP contribution in [0.25, 0.3) is 11.1 Å². The molecule has 2 atom stereocenters. The SMILES string of the molecule is CC1CCCCC1N=Cc1c(-c2ccccc2)ccc(C2CCCCC2)c1O. The first-order chi connectivity index (χ1) is 13.7. The summed E-state index contributed by atoms with van der Waals surface area (Å²) < 4.78 is 0. The van der Waals surface area contributed by atoms with Gasteiger partial charge in [0.25, 0.3) is 0 Å². The Balaban J connectivity index is 1.73. The number of hydrogen-bond acceptors (Lipinski definition) is 2. The number of benzene rings is 2. The standard InChI is InChI=1S/C26H33NO/c1-19-10-8-9-15-25(19)27-18-24-22(20-11-4-2-5-12-20)16-17-23(26(24)28)21-13-6-3-7-14-21/h2,4-5,11-12,16-19,21,25,28H,3,6-10,13-15H2,1H3. The molecule has 2 aromatic carbocycles. The molecule has 0 spiro atoms. The minimum atomic E-state index is 0.384. The summed E-state index contributed by atoms with van der Waals surface area (Å²) in [6.45, 7) is 2.32. The van der Waals surface area contributed by atoms with Gasteiger partial charge in [0.2, 0.25) is 0 Å². The van der Waals surface area contributed by atoms with E-state index in [0.717, 1.165) is 22.3 Å². The van der Waals surface area contributed by atoms with Crippen molar-refractivity contribution in [1.82, 2.24) is 0 Å². The molecule has 2 aromatic rings. The van der Waals surface area contributed by atoms with Gasteiger partial charge in [-0.25, -0.2) is 0 Å². The van der Waals surface area contributed by atoms with E-state index >= 15 is 0 Å². The third kappa shape index (κ3) is 4.16. The smallest absolute Gasteiger partial charge is 0.128 e. The Labute approximate surface area is 169 Å². The lowest BCUT2D eigenvalue weighted by molar-refractivity contribution is 0.333. The maximum atomic E-state index is 11.3. The largest absolute Gasteiger partial charge is 0.507 e. The molecule has 0 radical (unpaired) electrons. The summed E-state index contributed by atoms with van der Waals surface area (Å²) in [5, 5.41) is 11.3. The van der Waals surface area contributed by atoms with E-state index in [4.69, 9.17) is 4.99 Å². The van der Waals surface area contributed by atoms with Crippen LogP contribution in [0.3, 0.4) is 0 Å². The molecule has 2 fully saturated rings. The molecular weight excluding hydrogens is 342 g/mol. The third-order valence-electron chi connectivity index (χ3n) is 6.84. The second kappa shape index (κ2) is 8.94. The molecule has 4 rings (SSSR count). The molecule has 148 valence electrons.